The fourth-order valence-electron chi connectivity index (χ4n) is 7.20. The van der Waals surface area contributed by atoms with E-state index in [9.17, 15) is 9.90 Å². The van der Waals surface area contributed by atoms with Gasteiger partial charge in [-0.25, -0.2) is 0 Å². The summed E-state index contributed by atoms with van der Waals surface area (Å²) in [6.45, 7) is 5.47. The lowest BCUT2D eigenvalue weighted by Gasteiger charge is -2.60. The van der Waals surface area contributed by atoms with Gasteiger partial charge in [-0.05, 0) is 74.0 Å². The van der Waals surface area contributed by atoms with Crippen LogP contribution in [0.4, 0.5) is 0 Å². The van der Waals surface area contributed by atoms with Gasteiger partial charge in [0.05, 0.1) is 11.8 Å². The predicted molar refractivity (Wildman–Crippen MR) is 101 cm³/mol. The molecule has 5 nitrogen and oxygen atoms in total. The van der Waals surface area contributed by atoms with Crippen molar-refractivity contribution in [1.29, 1.82) is 0 Å². The minimum absolute atomic E-state index is 0.0691. The number of Topliss-reactive ketones (excluding diaryl/α,β-unsaturated/α-hetero) is 1. The fraction of sp³-hybridized carbons (Fsp3) is 0.905. The molecule has 4 aliphatic rings. The van der Waals surface area contributed by atoms with Crippen LogP contribution in [0, 0.1) is 34.5 Å². The third-order valence-electron chi connectivity index (χ3n) is 8.68. The molecule has 0 aromatic heterocycles. The molecular formula is C21H34N2O3. The second-order valence-corrected chi connectivity index (χ2v) is 9.63. The summed E-state index contributed by atoms with van der Waals surface area (Å²) in [4.78, 5) is 17.8. The highest BCUT2D eigenvalue weighted by Gasteiger charge is 2.61. The van der Waals surface area contributed by atoms with E-state index in [4.69, 9.17) is 10.6 Å². The Kier molecular flexibility index (Phi) is 4.67. The number of aliphatic hydroxyl groups excluding tert-OH is 1. The summed E-state index contributed by atoms with van der Waals surface area (Å²) in [6.07, 6.45) is 7.60. The highest BCUT2D eigenvalue weighted by atomic mass is 16.6. The average molecular weight is 363 g/mol. The molecule has 0 saturated heterocycles. The minimum Gasteiger partial charge on any atom is -0.394 e. The summed E-state index contributed by atoms with van der Waals surface area (Å²) in [5, 5.41) is 15.2. The van der Waals surface area contributed by atoms with Crippen molar-refractivity contribution < 1.29 is 14.7 Å². The van der Waals surface area contributed by atoms with Crippen LogP contribution in [0.15, 0.2) is 5.16 Å². The van der Waals surface area contributed by atoms with Gasteiger partial charge in [0.25, 0.3) is 0 Å². The fourth-order valence-corrected chi connectivity index (χ4v) is 7.20. The van der Waals surface area contributed by atoms with Gasteiger partial charge >= 0.3 is 0 Å². The Balaban J connectivity index is 1.55. The zero-order chi connectivity index (χ0) is 18.5. The molecule has 4 aliphatic carbocycles. The largest absolute Gasteiger partial charge is 0.394 e. The first-order chi connectivity index (χ1) is 12.4. The lowest BCUT2D eigenvalue weighted by molar-refractivity contribution is -0.141. The number of nitrogens with two attached hydrogens (primary N) is 1. The second kappa shape index (κ2) is 6.59. The lowest BCUT2D eigenvalue weighted by atomic mass is 9.45. The maximum absolute atomic E-state index is 12.5. The van der Waals surface area contributed by atoms with Crippen molar-refractivity contribution in [2.24, 2.45) is 45.4 Å². The summed E-state index contributed by atoms with van der Waals surface area (Å²) in [5.74, 6) is 2.61. The van der Waals surface area contributed by atoms with Crippen molar-refractivity contribution in [1.82, 2.24) is 0 Å². The van der Waals surface area contributed by atoms with Crippen molar-refractivity contribution in [3.8, 4) is 0 Å². The van der Waals surface area contributed by atoms with Crippen molar-refractivity contribution in [3.63, 3.8) is 0 Å². The SMILES string of the molecule is C[C@]12CC/C(=N\OCCN)[C@@H](O)C1CC[C@@H]1[C@@H]2CC[C@]2(C)C(=O)CC[C@@H]12. The number of nitrogens with zero attached hydrogens (tertiary/aromatic N) is 1. The summed E-state index contributed by atoms with van der Waals surface area (Å²) in [7, 11) is 0. The first-order valence-electron chi connectivity index (χ1n) is 10.5. The molecule has 3 N–H and O–H groups in total. The molecule has 26 heavy (non-hydrogen) atoms. The summed E-state index contributed by atoms with van der Waals surface area (Å²) >= 11 is 0. The molecule has 5 heteroatoms. The Hall–Kier alpha value is -0.940. The molecule has 1 unspecified atom stereocenters. The van der Waals surface area contributed by atoms with Gasteiger partial charge in [0.2, 0.25) is 0 Å². The van der Waals surface area contributed by atoms with Gasteiger partial charge in [-0.3, -0.25) is 4.79 Å². The first kappa shape index (κ1) is 18.4. The van der Waals surface area contributed by atoms with Crippen molar-refractivity contribution in [3.05, 3.63) is 0 Å². The van der Waals surface area contributed by atoms with Crippen LogP contribution in [0.2, 0.25) is 0 Å². The van der Waals surface area contributed by atoms with Crippen LogP contribution in [0.1, 0.15) is 65.2 Å². The Morgan fingerprint density at radius 3 is 2.69 bits per heavy atom. The van der Waals surface area contributed by atoms with Crippen LogP contribution in [-0.2, 0) is 9.63 Å². The number of carbonyl (C=O) groups is 1. The third-order valence-corrected chi connectivity index (χ3v) is 8.68. The van der Waals surface area contributed by atoms with Crippen LogP contribution >= 0.6 is 0 Å². The van der Waals surface area contributed by atoms with Crippen LogP contribution < -0.4 is 5.73 Å². The van der Waals surface area contributed by atoms with Gasteiger partial charge < -0.3 is 15.7 Å². The molecule has 0 aromatic rings. The van der Waals surface area contributed by atoms with Crippen LogP contribution in [0.5, 0.6) is 0 Å². The van der Waals surface area contributed by atoms with E-state index in [2.05, 4.69) is 19.0 Å². The molecule has 4 fully saturated rings. The molecule has 0 bridgehead atoms. The standard InChI is InChI=1S/C21H34N2O3/c1-20-10-8-17(23-26-12-11-22)19(25)16(20)4-3-13-14-5-6-18(24)21(14,2)9-7-15(13)20/h13-16,19,25H,3-12,22H2,1-2H3/b23-17+/t13-,14-,15-,16?,19-,20+,21-/m0/s1. The lowest BCUT2D eigenvalue weighted by Crippen LogP contribution is -2.57. The number of oxime groups is 1. The van der Waals surface area contributed by atoms with Gasteiger partial charge in [-0.1, -0.05) is 19.0 Å². The zero-order valence-electron chi connectivity index (χ0n) is 16.2. The minimum atomic E-state index is -0.494. The quantitative estimate of drug-likeness (QED) is 0.597. The monoisotopic (exact) mass is 362 g/mol. The molecule has 7 atom stereocenters. The second-order valence-electron chi connectivity index (χ2n) is 9.63. The van der Waals surface area contributed by atoms with E-state index in [0.717, 1.165) is 57.1 Å². The maximum atomic E-state index is 12.5. The van der Waals surface area contributed by atoms with Crippen LogP contribution in [-0.4, -0.2) is 35.9 Å². The molecule has 0 radical (unpaired) electrons. The van der Waals surface area contributed by atoms with Crippen molar-refractivity contribution in [2.45, 2.75) is 71.3 Å². The van der Waals surface area contributed by atoms with Gasteiger partial charge in [-0.2, -0.15) is 0 Å². The van der Waals surface area contributed by atoms with E-state index in [1.54, 1.807) is 0 Å². The Bertz CT molecular complexity index is 606. The summed E-state index contributed by atoms with van der Waals surface area (Å²) < 4.78 is 0. The van der Waals surface area contributed by atoms with Crippen molar-refractivity contribution >= 4 is 11.5 Å². The Morgan fingerprint density at radius 1 is 1.12 bits per heavy atom. The van der Waals surface area contributed by atoms with E-state index in [1.165, 1.54) is 0 Å². The van der Waals surface area contributed by atoms with Crippen LogP contribution in [0.25, 0.3) is 0 Å². The topological polar surface area (TPSA) is 84.9 Å². The Morgan fingerprint density at radius 2 is 1.92 bits per heavy atom. The number of rotatable bonds is 3. The van der Waals surface area contributed by atoms with E-state index >= 15 is 0 Å². The molecule has 0 heterocycles. The molecule has 0 aromatic carbocycles. The summed E-state index contributed by atoms with van der Waals surface area (Å²) in [5.41, 5.74) is 6.35. The van der Waals surface area contributed by atoms with E-state index in [-0.39, 0.29) is 16.7 Å². The number of carbonyl (C=O) groups excluding carboxylic acids is 1. The predicted octanol–water partition coefficient (Wildman–Crippen LogP) is 2.90. The molecule has 0 spiro atoms. The van der Waals surface area contributed by atoms with Gasteiger partial charge in [0.1, 0.15) is 12.4 Å². The number of hydrogen-bond donors (Lipinski definition) is 2. The average Bonchev–Trinajstić information content (AvgIpc) is 2.92. The molecule has 0 aliphatic heterocycles. The molecule has 4 saturated carbocycles. The molecule has 4 rings (SSSR count). The smallest absolute Gasteiger partial charge is 0.139 e. The maximum Gasteiger partial charge on any atom is 0.139 e. The zero-order valence-corrected chi connectivity index (χ0v) is 16.2. The third kappa shape index (κ3) is 2.57. The van der Waals surface area contributed by atoms with Gasteiger partial charge in [-0.15, -0.1) is 0 Å². The van der Waals surface area contributed by atoms with Crippen LogP contribution in [0.3, 0.4) is 0 Å². The van der Waals surface area contributed by atoms with Crippen molar-refractivity contribution in [2.75, 3.05) is 13.2 Å². The number of hydrogen-bond acceptors (Lipinski definition) is 5. The van der Waals surface area contributed by atoms with E-state index < -0.39 is 6.10 Å². The molecular weight excluding hydrogens is 328 g/mol. The first-order valence-corrected chi connectivity index (χ1v) is 10.5. The molecule has 146 valence electrons. The highest BCUT2D eigenvalue weighted by Crippen LogP contribution is 2.65. The number of aliphatic hydroxyl groups is 1. The van der Waals surface area contributed by atoms with E-state index in [0.29, 0.717) is 36.7 Å². The van der Waals surface area contributed by atoms with Gasteiger partial charge in [0.15, 0.2) is 0 Å². The summed E-state index contributed by atoms with van der Waals surface area (Å²) in [6, 6.07) is 0. The molecule has 0 amide bonds. The Labute approximate surface area is 156 Å². The highest BCUT2D eigenvalue weighted by molar-refractivity contribution is 5.89. The van der Waals surface area contributed by atoms with Gasteiger partial charge in [0, 0.05) is 18.4 Å². The van der Waals surface area contributed by atoms with E-state index in [1.807, 2.05) is 0 Å². The number of ketones is 1. The normalized spacial score (nSPS) is 49.5. The number of fused-ring (bicyclic) bond motifs is 5.